The number of carbonyl (C=O) groups excluding carboxylic acids is 2. The van der Waals surface area contributed by atoms with Crippen molar-refractivity contribution in [2.45, 2.75) is 12.2 Å². The number of ether oxygens (including phenoxy) is 2. The number of anilines is 1. The van der Waals surface area contributed by atoms with Gasteiger partial charge in [-0.25, -0.2) is 4.39 Å². The van der Waals surface area contributed by atoms with E-state index >= 15 is 0 Å². The van der Waals surface area contributed by atoms with Gasteiger partial charge in [0, 0.05) is 11.3 Å². The van der Waals surface area contributed by atoms with Crippen molar-refractivity contribution in [3.8, 4) is 11.5 Å². The summed E-state index contributed by atoms with van der Waals surface area (Å²) in [5, 5.41) is 11.3. The van der Waals surface area contributed by atoms with E-state index in [4.69, 9.17) is 9.47 Å². The van der Waals surface area contributed by atoms with E-state index in [0.717, 1.165) is 35.2 Å². The van der Waals surface area contributed by atoms with Crippen molar-refractivity contribution in [3.63, 3.8) is 0 Å². The molecule has 0 saturated carbocycles. The van der Waals surface area contributed by atoms with E-state index in [9.17, 15) is 32.3 Å². The molecule has 1 aliphatic rings. The van der Waals surface area contributed by atoms with E-state index < -0.39 is 46.6 Å². The number of hydrogen-bond donors (Lipinski definition) is 1. The Morgan fingerprint density at radius 2 is 1.47 bits per heavy atom. The van der Waals surface area contributed by atoms with Gasteiger partial charge in [-0.1, -0.05) is 24.3 Å². The van der Waals surface area contributed by atoms with E-state index in [0.29, 0.717) is 0 Å². The molecule has 10 heteroatoms. The summed E-state index contributed by atoms with van der Waals surface area (Å²) in [5.41, 5.74) is -1.73. The fourth-order valence-corrected chi connectivity index (χ4v) is 4.12. The second kappa shape index (κ2) is 9.37. The van der Waals surface area contributed by atoms with Crippen LogP contribution in [-0.4, -0.2) is 31.0 Å². The normalized spacial score (nSPS) is 17.4. The number of aliphatic hydroxyl groups excluding tert-OH is 1. The molecule has 0 radical (unpaired) electrons. The van der Waals surface area contributed by atoms with Crippen LogP contribution >= 0.6 is 0 Å². The number of alkyl halides is 3. The van der Waals surface area contributed by atoms with Crippen LogP contribution in [0, 0.1) is 5.82 Å². The minimum absolute atomic E-state index is 0.0470. The zero-order valence-corrected chi connectivity index (χ0v) is 19.0. The van der Waals surface area contributed by atoms with Crippen molar-refractivity contribution in [1.29, 1.82) is 0 Å². The first-order valence-corrected chi connectivity index (χ1v) is 10.5. The lowest BCUT2D eigenvalue weighted by atomic mass is 9.94. The summed E-state index contributed by atoms with van der Waals surface area (Å²) in [5.74, 6) is -3.57. The average Bonchev–Trinajstić information content (AvgIpc) is 3.12. The molecule has 4 rings (SSSR count). The van der Waals surface area contributed by atoms with Crippen molar-refractivity contribution in [2.24, 2.45) is 0 Å². The molecule has 0 spiro atoms. The summed E-state index contributed by atoms with van der Waals surface area (Å²) in [4.78, 5) is 27.2. The Kier molecular flexibility index (Phi) is 6.45. The van der Waals surface area contributed by atoms with Crippen LogP contribution in [-0.2, 0) is 15.8 Å². The fraction of sp³-hybridized carbons (Fsp3) is 0.154. The molecule has 6 nitrogen and oxygen atoms in total. The largest absolute Gasteiger partial charge is 0.506 e. The molecule has 186 valence electrons. The molecule has 0 aromatic heterocycles. The number of Topliss-reactive ketones (excluding diaryl/α,β-unsaturated/α-hetero) is 1. The predicted molar refractivity (Wildman–Crippen MR) is 122 cm³/mol. The molecule has 1 fully saturated rings. The van der Waals surface area contributed by atoms with Crippen molar-refractivity contribution in [3.05, 3.63) is 94.8 Å². The Morgan fingerprint density at radius 1 is 0.889 bits per heavy atom. The SMILES string of the molecule is COc1cccc(OC)c1/C(O)=C1\C(=O)C(=O)N(c2ccc(C(F)(F)F)cc2)C1c1ccccc1F. The molecule has 1 saturated heterocycles. The summed E-state index contributed by atoms with van der Waals surface area (Å²) < 4.78 is 64.8. The Bertz CT molecular complexity index is 1340. The van der Waals surface area contributed by atoms with Gasteiger partial charge in [0.2, 0.25) is 0 Å². The Morgan fingerprint density at radius 3 is 2.00 bits per heavy atom. The first-order valence-electron chi connectivity index (χ1n) is 10.5. The zero-order chi connectivity index (χ0) is 26.2. The highest BCUT2D eigenvalue weighted by atomic mass is 19.4. The lowest BCUT2D eigenvalue weighted by Crippen LogP contribution is -2.30. The number of rotatable bonds is 5. The van der Waals surface area contributed by atoms with Gasteiger partial charge >= 0.3 is 6.18 Å². The number of halogens is 4. The lowest BCUT2D eigenvalue weighted by Gasteiger charge is -2.26. The summed E-state index contributed by atoms with van der Waals surface area (Å²) in [6.45, 7) is 0. The number of ketones is 1. The number of benzene rings is 3. The minimum atomic E-state index is -4.63. The summed E-state index contributed by atoms with van der Waals surface area (Å²) in [6.07, 6.45) is -4.63. The fourth-order valence-electron chi connectivity index (χ4n) is 4.12. The standard InChI is InChI=1S/C26H19F4NO5/c1-35-18-8-5-9-19(36-2)20(18)23(32)21-22(16-6-3-4-7-17(16)27)31(25(34)24(21)33)15-12-10-14(11-13-15)26(28,29)30/h3-13,22,32H,1-2H3/b23-21+. The second-order valence-electron chi connectivity index (χ2n) is 7.77. The Hall–Kier alpha value is -4.34. The third kappa shape index (κ3) is 4.15. The molecule has 0 bridgehead atoms. The Labute approximate surface area is 203 Å². The van der Waals surface area contributed by atoms with Gasteiger partial charge in [-0.2, -0.15) is 13.2 Å². The van der Waals surface area contributed by atoms with E-state index in [-0.39, 0.29) is 28.3 Å². The van der Waals surface area contributed by atoms with E-state index in [2.05, 4.69) is 0 Å². The van der Waals surface area contributed by atoms with Crippen LogP contribution in [0.4, 0.5) is 23.2 Å². The van der Waals surface area contributed by atoms with Crippen LogP contribution in [0.3, 0.4) is 0 Å². The third-order valence-corrected chi connectivity index (χ3v) is 5.78. The minimum Gasteiger partial charge on any atom is -0.506 e. The molecule has 1 atom stereocenters. The van der Waals surface area contributed by atoms with Gasteiger partial charge < -0.3 is 14.6 Å². The van der Waals surface area contributed by atoms with Crippen LogP contribution in [0.2, 0.25) is 0 Å². The lowest BCUT2D eigenvalue weighted by molar-refractivity contribution is -0.137. The molecule has 0 aliphatic carbocycles. The van der Waals surface area contributed by atoms with Crippen LogP contribution in [0.25, 0.3) is 5.76 Å². The van der Waals surface area contributed by atoms with Crippen LogP contribution in [0.5, 0.6) is 11.5 Å². The van der Waals surface area contributed by atoms with E-state index in [1.807, 2.05) is 0 Å². The molecule has 3 aromatic rings. The molecular weight excluding hydrogens is 482 g/mol. The maximum Gasteiger partial charge on any atom is 0.416 e. The first kappa shape index (κ1) is 24.8. The van der Waals surface area contributed by atoms with Gasteiger partial charge in [0.05, 0.1) is 31.4 Å². The molecule has 1 amide bonds. The van der Waals surface area contributed by atoms with E-state index in [1.165, 1.54) is 44.6 Å². The van der Waals surface area contributed by atoms with Crippen LogP contribution < -0.4 is 14.4 Å². The van der Waals surface area contributed by atoms with Crippen molar-refractivity contribution < 1.29 is 41.7 Å². The zero-order valence-electron chi connectivity index (χ0n) is 19.0. The highest BCUT2D eigenvalue weighted by Crippen LogP contribution is 2.46. The highest BCUT2D eigenvalue weighted by molar-refractivity contribution is 6.51. The van der Waals surface area contributed by atoms with Gasteiger partial charge in [-0.3, -0.25) is 14.5 Å². The number of methoxy groups -OCH3 is 2. The van der Waals surface area contributed by atoms with E-state index in [1.54, 1.807) is 6.07 Å². The molecule has 36 heavy (non-hydrogen) atoms. The molecule has 1 aliphatic heterocycles. The quantitative estimate of drug-likeness (QED) is 0.217. The van der Waals surface area contributed by atoms with Gasteiger partial charge in [0.15, 0.2) is 0 Å². The maximum absolute atomic E-state index is 15.0. The summed E-state index contributed by atoms with van der Waals surface area (Å²) in [7, 11) is 2.64. The monoisotopic (exact) mass is 501 g/mol. The smallest absolute Gasteiger partial charge is 0.416 e. The highest BCUT2D eigenvalue weighted by Gasteiger charge is 2.48. The summed E-state index contributed by atoms with van der Waals surface area (Å²) >= 11 is 0. The first-order chi connectivity index (χ1) is 17.1. The predicted octanol–water partition coefficient (Wildman–Crippen LogP) is 5.49. The van der Waals surface area contributed by atoms with Gasteiger partial charge in [-0.15, -0.1) is 0 Å². The molecular formula is C26H19F4NO5. The molecule has 1 N–H and O–H groups in total. The number of amides is 1. The Balaban J connectivity index is 1.99. The van der Waals surface area contributed by atoms with Gasteiger partial charge in [0.1, 0.15) is 28.6 Å². The van der Waals surface area contributed by atoms with Crippen LogP contribution in [0.15, 0.2) is 72.3 Å². The van der Waals surface area contributed by atoms with Crippen molar-refractivity contribution in [2.75, 3.05) is 19.1 Å². The second-order valence-corrected chi connectivity index (χ2v) is 7.77. The molecule has 3 aromatic carbocycles. The van der Waals surface area contributed by atoms with Crippen molar-refractivity contribution in [1.82, 2.24) is 0 Å². The van der Waals surface area contributed by atoms with Crippen molar-refractivity contribution >= 4 is 23.1 Å². The topological polar surface area (TPSA) is 76.1 Å². The number of carbonyl (C=O) groups is 2. The number of nitrogens with zero attached hydrogens (tertiary/aromatic N) is 1. The number of hydrogen-bond acceptors (Lipinski definition) is 5. The van der Waals surface area contributed by atoms with Crippen LogP contribution in [0.1, 0.15) is 22.7 Å². The third-order valence-electron chi connectivity index (χ3n) is 5.78. The maximum atomic E-state index is 15.0. The average molecular weight is 501 g/mol. The molecule has 1 heterocycles. The summed E-state index contributed by atoms with van der Waals surface area (Å²) in [6, 6.07) is 11.8. The van der Waals surface area contributed by atoms with Gasteiger partial charge in [-0.05, 0) is 42.5 Å². The van der Waals surface area contributed by atoms with Gasteiger partial charge in [0.25, 0.3) is 11.7 Å². The molecule has 1 unspecified atom stereocenters. The number of aliphatic hydroxyl groups is 1.